The Labute approximate surface area is 166 Å². The fourth-order valence-corrected chi connectivity index (χ4v) is 4.18. The second-order valence-corrected chi connectivity index (χ2v) is 7.95. The standard InChI is InChI=1S/C22H30N2O4/c1-15-13-18(22(27)24-12-5-4-8-20(24)16(2)25)9-10-21(15)28-19-7-6-11-23(14-19)17(3)26/h9-10,13,19-20H,4-8,11-12,14H2,1-3H3. The lowest BCUT2D eigenvalue weighted by atomic mass is 9.97. The van der Waals surface area contributed by atoms with Crippen LogP contribution in [-0.2, 0) is 9.59 Å². The van der Waals surface area contributed by atoms with Gasteiger partial charge in [-0.1, -0.05) is 0 Å². The summed E-state index contributed by atoms with van der Waals surface area (Å²) in [5, 5.41) is 0. The average Bonchev–Trinajstić information content (AvgIpc) is 2.69. The van der Waals surface area contributed by atoms with Gasteiger partial charge in [0.05, 0.1) is 12.6 Å². The third kappa shape index (κ3) is 4.54. The summed E-state index contributed by atoms with van der Waals surface area (Å²) in [4.78, 5) is 40.0. The van der Waals surface area contributed by atoms with E-state index in [0.717, 1.165) is 50.0 Å². The first kappa shape index (κ1) is 20.4. The number of likely N-dealkylation sites (tertiary alicyclic amines) is 2. The van der Waals surface area contributed by atoms with Crippen LogP contribution in [0.25, 0.3) is 0 Å². The fourth-order valence-electron chi connectivity index (χ4n) is 4.18. The van der Waals surface area contributed by atoms with E-state index in [1.165, 1.54) is 0 Å². The van der Waals surface area contributed by atoms with E-state index in [4.69, 9.17) is 4.74 Å². The highest BCUT2D eigenvalue weighted by molar-refractivity contribution is 5.98. The van der Waals surface area contributed by atoms with Gasteiger partial charge in [0, 0.05) is 25.6 Å². The molecule has 0 bridgehead atoms. The number of ketones is 1. The monoisotopic (exact) mass is 386 g/mol. The van der Waals surface area contributed by atoms with Gasteiger partial charge in [0.15, 0.2) is 5.78 Å². The van der Waals surface area contributed by atoms with Crippen molar-refractivity contribution < 1.29 is 19.1 Å². The zero-order chi connectivity index (χ0) is 20.3. The minimum absolute atomic E-state index is 0.0258. The summed E-state index contributed by atoms with van der Waals surface area (Å²) in [7, 11) is 0. The molecule has 2 unspecified atom stereocenters. The number of carbonyl (C=O) groups excluding carboxylic acids is 3. The third-order valence-electron chi connectivity index (χ3n) is 5.77. The van der Waals surface area contributed by atoms with Crippen molar-refractivity contribution in [2.75, 3.05) is 19.6 Å². The summed E-state index contributed by atoms with van der Waals surface area (Å²) in [6.07, 6.45) is 4.49. The summed E-state index contributed by atoms with van der Waals surface area (Å²) in [5.41, 5.74) is 1.48. The van der Waals surface area contributed by atoms with Gasteiger partial charge in [-0.2, -0.15) is 0 Å². The van der Waals surface area contributed by atoms with Crippen molar-refractivity contribution in [3.05, 3.63) is 29.3 Å². The lowest BCUT2D eigenvalue weighted by Crippen LogP contribution is -2.47. The number of aryl methyl sites for hydroxylation is 1. The maximum absolute atomic E-state index is 13.0. The predicted octanol–water partition coefficient (Wildman–Crippen LogP) is 2.97. The van der Waals surface area contributed by atoms with Crippen LogP contribution in [0.2, 0.25) is 0 Å². The van der Waals surface area contributed by atoms with E-state index in [-0.39, 0.29) is 29.7 Å². The Bertz CT molecular complexity index is 761. The van der Waals surface area contributed by atoms with E-state index >= 15 is 0 Å². The molecule has 152 valence electrons. The second-order valence-electron chi connectivity index (χ2n) is 7.95. The third-order valence-corrected chi connectivity index (χ3v) is 5.77. The van der Waals surface area contributed by atoms with E-state index in [1.54, 1.807) is 24.8 Å². The summed E-state index contributed by atoms with van der Waals surface area (Å²) < 4.78 is 6.13. The largest absolute Gasteiger partial charge is 0.488 e. The van der Waals surface area contributed by atoms with Crippen molar-refractivity contribution in [3.63, 3.8) is 0 Å². The molecule has 2 aliphatic rings. The van der Waals surface area contributed by atoms with Gasteiger partial charge in [-0.15, -0.1) is 0 Å². The average molecular weight is 386 g/mol. The van der Waals surface area contributed by atoms with Crippen molar-refractivity contribution in [1.82, 2.24) is 9.80 Å². The molecule has 0 aliphatic carbocycles. The van der Waals surface area contributed by atoms with E-state index in [2.05, 4.69) is 0 Å². The van der Waals surface area contributed by atoms with E-state index in [0.29, 0.717) is 18.7 Å². The Hall–Kier alpha value is -2.37. The van der Waals surface area contributed by atoms with Crippen molar-refractivity contribution in [1.29, 1.82) is 0 Å². The molecule has 2 heterocycles. The lowest BCUT2D eigenvalue weighted by molar-refractivity contribution is -0.131. The number of hydrogen-bond donors (Lipinski definition) is 0. The van der Waals surface area contributed by atoms with Crippen molar-refractivity contribution in [2.45, 2.75) is 65.0 Å². The topological polar surface area (TPSA) is 66.9 Å². The van der Waals surface area contributed by atoms with Crippen LogP contribution in [0.4, 0.5) is 0 Å². The highest BCUT2D eigenvalue weighted by Gasteiger charge is 2.30. The SMILES string of the molecule is CC(=O)C1CCCCN1C(=O)c1ccc(OC2CCCN(C(C)=O)C2)c(C)c1. The molecule has 2 amide bonds. The number of benzene rings is 1. The normalized spacial score (nSPS) is 22.7. The molecule has 2 saturated heterocycles. The molecule has 0 radical (unpaired) electrons. The number of rotatable bonds is 4. The number of carbonyl (C=O) groups is 3. The molecule has 0 aromatic heterocycles. The van der Waals surface area contributed by atoms with Crippen LogP contribution in [0.5, 0.6) is 5.75 Å². The van der Waals surface area contributed by atoms with Crippen LogP contribution in [0, 0.1) is 6.92 Å². The highest BCUT2D eigenvalue weighted by Crippen LogP contribution is 2.26. The predicted molar refractivity (Wildman–Crippen MR) is 106 cm³/mol. The summed E-state index contributed by atoms with van der Waals surface area (Å²) in [6, 6.07) is 5.15. The van der Waals surface area contributed by atoms with Gasteiger partial charge in [0.25, 0.3) is 5.91 Å². The van der Waals surface area contributed by atoms with Crippen LogP contribution >= 0.6 is 0 Å². The first-order valence-electron chi connectivity index (χ1n) is 10.2. The Morgan fingerprint density at radius 3 is 2.50 bits per heavy atom. The number of ether oxygens (including phenoxy) is 1. The van der Waals surface area contributed by atoms with Gasteiger partial charge < -0.3 is 14.5 Å². The molecular formula is C22H30N2O4. The molecule has 3 rings (SSSR count). The zero-order valence-electron chi connectivity index (χ0n) is 17.1. The summed E-state index contributed by atoms with van der Waals surface area (Å²) in [6.45, 7) is 7.09. The molecule has 0 spiro atoms. The number of hydrogen-bond acceptors (Lipinski definition) is 4. The first-order chi connectivity index (χ1) is 13.4. The van der Waals surface area contributed by atoms with E-state index in [1.807, 2.05) is 24.0 Å². The minimum Gasteiger partial charge on any atom is -0.488 e. The first-order valence-corrected chi connectivity index (χ1v) is 10.2. The Morgan fingerprint density at radius 1 is 1.04 bits per heavy atom. The lowest BCUT2D eigenvalue weighted by Gasteiger charge is -2.34. The molecule has 6 heteroatoms. The van der Waals surface area contributed by atoms with Crippen molar-refractivity contribution >= 4 is 17.6 Å². The zero-order valence-corrected chi connectivity index (χ0v) is 17.1. The van der Waals surface area contributed by atoms with Gasteiger partial charge in [-0.25, -0.2) is 0 Å². The van der Waals surface area contributed by atoms with Gasteiger partial charge in [-0.3, -0.25) is 14.4 Å². The quantitative estimate of drug-likeness (QED) is 0.798. The molecule has 2 atom stereocenters. The molecule has 0 saturated carbocycles. The molecule has 6 nitrogen and oxygen atoms in total. The Kier molecular flexibility index (Phi) is 6.37. The number of nitrogens with zero attached hydrogens (tertiary/aromatic N) is 2. The summed E-state index contributed by atoms with van der Waals surface area (Å²) in [5.74, 6) is 0.785. The molecular weight excluding hydrogens is 356 g/mol. The molecule has 1 aromatic rings. The van der Waals surface area contributed by atoms with E-state index in [9.17, 15) is 14.4 Å². The van der Waals surface area contributed by atoms with Gasteiger partial charge >= 0.3 is 0 Å². The van der Waals surface area contributed by atoms with Crippen LogP contribution in [0.3, 0.4) is 0 Å². The van der Waals surface area contributed by atoms with Crippen LogP contribution in [-0.4, -0.2) is 59.2 Å². The molecule has 2 fully saturated rings. The highest BCUT2D eigenvalue weighted by atomic mass is 16.5. The number of piperidine rings is 2. The van der Waals surface area contributed by atoms with Crippen molar-refractivity contribution in [2.24, 2.45) is 0 Å². The van der Waals surface area contributed by atoms with Crippen LogP contribution in [0.15, 0.2) is 18.2 Å². The fraction of sp³-hybridized carbons (Fsp3) is 0.591. The number of amides is 2. The second kappa shape index (κ2) is 8.76. The Morgan fingerprint density at radius 2 is 1.82 bits per heavy atom. The maximum atomic E-state index is 13.0. The minimum atomic E-state index is -0.308. The molecule has 0 N–H and O–H groups in total. The maximum Gasteiger partial charge on any atom is 0.254 e. The molecule has 2 aliphatic heterocycles. The molecule has 1 aromatic carbocycles. The van der Waals surface area contributed by atoms with Crippen LogP contribution < -0.4 is 4.74 Å². The Balaban J connectivity index is 1.70. The summed E-state index contributed by atoms with van der Waals surface area (Å²) >= 11 is 0. The van der Waals surface area contributed by atoms with E-state index < -0.39 is 0 Å². The van der Waals surface area contributed by atoms with Crippen LogP contribution in [0.1, 0.15) is 61.9 Å². The van der Waals surface area contributed by atoms with Gasteiger partial charge in [0.2, 0.25) is 5.91 Å². The smallest absolute Gasteiger partial charge is 0.254 e. The number of Topliss-reactive ketones (excluding diaryl/α,β-unsaturated/α-hetero) is 1. The molecule has 28 heavy (non-hydrogen) atoms. The van der Waals surface area contributed by atoms with Crippen molar-refractivity contribution in [3.8, 4) is 5.75 Å². The van der Waals surface area contributed by atoms with Gasteiger partial charge in [0.1, 0.15) is 11.9 Å². The van der Waals surface area contributed by atoms with Gasteiger partial charge in [-0.05, 0) is 69.7 Å².